The summed E-state index contributed by atoms with van der Waals surface area (Å²) in [6, 6.07) is 0. The predicted octanol–water partition coefficient (Wildman–Crippen LogP) is 0.244. The fourth-order valence-corrected chi connectivity index (χ4v) is 3.25. The van der Waals surface area contributed by atoms with Gasteiger partial charge in [0.1, 0.15) is 0 Å². The molecule has 1 spiro atoms. The minimum atomic E-state index is -4.56. The van der Waals surface area contributed by atoms with E-state index in [1.54, 1.807) is 4.90 Å². The highest BCUT2D eigenvalue weighted by atomic mass is 32.1. The van der Waals surface area contributed by atoms with E-state index in [0.717, 1.165) is 0 Å². The van der Waals surface area contributed by atoms with E-state index in [2.05, 4.69) is 14.7 Å². The van der Waals surface area contributed by atoms with Crippen molar-refractivity contribution >= 4 is 22.6 Å². The number of piperidine rings is 1. The number of nitrogens with zero attached hydrogens (tertiary/aromatic N) is 3. The molecule has 2 aliphatic heterocycles. The van der Waals surface area contributed by atoms with E-state index >= 15 is 0 Å². The van der Waals surface area contributed by atoms with Crippen LogP contribution in [-0.2, 0) is 11.0 Å². The Balaban J connectivity index is 1.71. The first kappa shape index (κ1) is 13.6. The number of hydrogen-bond acceptors (Lipinski definition) is 6. The van der Waals surface area contributed by atoms with Crippen LogP contribution in [0.15, 0.2) is 0 Å². The van der Waals surface area contributed by atoms with Crippen LogP contribution in [0.25, 0.3) is 0 Å². The van der Waals surface area contributed by atoms with Crippen molar-refractivity contribution in [1.29, 1.82) is 0 Å². The molecule has 1 amide bonds. The molecule has 2 saturated heterocycles. The van der Waals surface area contributed by atoms with Gasteiger partial charge in [-0.05, 0) is 6.42 Å². The van der Waals surface area contributed by atoms with Crippen molar-refractivity contribution in [2.75, 3.05) is 24.5 Å². The summed E-state index contributed by atoms with van der Waals surface area (Å²) in [5.74, 6) is -1.33. The zero-order valence-electron chi connectivity index (χ0n) is 10.1. The summed E-state index contributed by atoms with van der Waals surface area (Å²) < 4.78 is 40.5. The molecule has 0 bridgehead atoms. The van der Waals surface area contributed by atoms with E-state index in [0.29, 0.717) is 18.0 Å². The van der Waals surface area contributed by atoms with E-state index in [-0.39, 0.29) is 30.7 Å². The molecule has 1 atom stereocenters. The SMILES string of the molecule is O=C1NCC(O)CC12CN(c1nc(C(F)(F)F)ns1)C2. The number of aliphatic hydroxyl groups is 1. The summed E-state index contributed by atoms with van der Waals surface area (Å²) in [4.78, 5) is 16.8. The third-order valence-corrected chi connectivity index (χ3v) is 4.31. The lowest BCUT2D eigenvalue weighted by atomic mass is 9.72. The van der Waals surface area contributed by atoms with E-state index in [1.807, 2.05) is 0 Å². The van der Waals surface area contributed by atoms with Gasteiger partial charge in [-0.25, -0.2) is 0 Å². The average molecular weight is 308 g/mol. The average Bonchev–Trinajstić information content (AvgIpc) is 2.78. The number of aromatic nitrogens is 2. The Morgan fingerprint density at radius 1 is 1.45 bits per heavy atom. The van der Waals surface area contributed by atoms with Crippen LogP contribution in [0.4, 0.5) is 18.3 Å². The molecular weight excluding hydrogens is 297 g/mol. The van der Waals surface area contributed by atoms with Crippen LogP contribution in [0.1, 0.15) is 12.2 Å². The Hall–Kier alpha value is -1.42. The van der Waals surface area contributed by atoms with Gasteiger partial charge in [-0.15, -0.1) is 0 Å². The molecular formula is C10H11F3N4O2S. The minimum absolute atomic E-state index is 0.149. The van der Waals surface area contributed by atoms with Crippen LogP contribution in [0.5, 0.6) is 0 Å². The highest BCUT2D eigenvalue weighted by Gasteiger charge is 2.53. The monoisotopic (exact) mass is 308 g/mol. The van der Waals surface area contributed by atoms with Crippen molar-refractivity contribution in [3.8, 4) is 0 Å². The Morgan fingerprint density at radius 3 is 2.75 bits per heavy atom. The van der Waals surface area contributed by atoms with E-state index in [9.17, 15) is 23.1 Å². The fourth-order valence-electron chi connectivity index (χ4n) is 2.57. The molecule has 110 valence electrons. The van der Waals surface area contributed by atoms with Gasteiger partial charge in [-0.3, -0.25) is 4.79 Å². The van der Waals surface area contributed by atoms with Crippen molar-refractivity contribution in [3.05, 3.63) is 5.82 Å². The largest absolute Gasteiger partial charge is 0.452 e. The van der Waals surface area contributed by atoms with Crippen molar-refractivity contribution in [3.63, 3.8) is 0 Å². The third kappa shape index (κ3) is 2.12. The number of rotatable bonds is 1. The topological polar surface area (TPSA) is 78.4 Å². The normalized spacial score (nSPS) is 25.5. The van der Waals surface area contributed by atoms with Gasteiger partial charge in [0, 0.05) is 31.2 Å². The Morgan fingerprint density at radius 2 is 2.15 bits per heavy atom. The Labute approximate surface area is 115 Å². The Bertz CT molecular complexity index is 541. The number of alkyl halides is 3. The molecule has 0 aliphatic carbocycles. The molecule has 0 saturated carbocycles. The number of carbonyl (C=O) groups excluding carboxylic acids is 1. The molecule has 0 aromatic carbocycles. The number of carbonyl (C=O) groups is 1. The van der Waals surface area contributed by atoms with Gasteiger partial charge in [-0.1, -0.05) is 0 Å². The van der Waals surface area contributed by atoms with Crippen molar-refractivity contribution < 1.29 is 23.1 Å². The van der Waals surface area contributed by atoms with Gasteiger partial charge in [0.15, 0.2) is 0 Å². The molecule has 6 nitrogen and oxygen atoms in total. The van der Waals surface area contributed by atoms with Crippen molar-refractivity contribution in [2.45, 2.75) is 18.7 Å². The summed E-state index contributed by atoms with van der Waals surface area (Å²) in [6.45, 7) is 0.725. The number of amides is 1. The summed E-state index contributed by atoms with van der Waals surface area (Å²) in [5.41, 5.74) is -0.721. The number of hydrogen-bond donors (Lipinski definition) is 2. The molecule has 10 heteroatoms. The zero-order chi connectivity index (χ0) is 14.5. The smallest absolute Gasteiger partial charge is 0.391 e. The first-order chi connectivity index (χ1) is 9.30. The van der Waals surface area contributed by atoms with E-state index < -0.39 is 23.5 Å². The maximum atomic E-state index is 12.4. The maximum Gasteiger partial charge on any atom is 0.452 e. The molecule has 0 radical (unpaired) electrons. The molecule has 2 N–H and O–H groups in total. The lowest BCUT2D eigenvalue weighted by Gasteiger charge is -2.51. The molecule has 1 unspecified atom stereocenters. The molecule has 1 aromatic heterocycles. The molecule has 3 heterocycles. The second-order valence-corrected chi connectivity index (χ2v) is 5.83. The minimum Gasteiger partial charge on any atom is -0.391 e. The van der Waals surface area contributed by atoms with Gasteiger partial charge in [0.05, 0.1) is 11.5 Å². The number of aliphatic hydroxyl groups excluding tert-OH is 1. The van der Waals surface area contributed by atoms with Gasteiger partial charge in [0.2, 0.25) is 16.9 Å². The van der Waals surface area contributed by atoms with Crippen LogP contribution < -0.4 is 10.2 Å². The van der Waals surface area contributed by atoms with Crippen LogP contribution in [0.3, 0.4) is 0 Å². The number of anilines is 1. The number of nitrogens with one attached hydrogen (secondary N) is 1. The summed E-state index contributed by atoms with van der Waals surface area (Å²) >= 11 is 0.660. The second-order valence-electron chi connectivity index (χ2n) is 5.10. The first-order valence-corrected chi connectivity index (χ1v) is 6.70. The van der Waals surface area contributed by atoms with Crippen LogP contribution in [-0.4, -0.2) is 46.1 Å². The van der Waals surface area contributed by atoms with Crippen LogP contribution >= 0.6 is 11.5 Å². The third-order valence-electron chi connectivity index (χ3n) is 3.53. The van der Waals surface area contributed by atoms with E-state index in [1.165, 1.54) is 0 Å². The molecule has 1 aromatic rings. The molecule has 2 fully saturated rings. The summed E-state index contributed by atoms with van der Waals surface area (Å²) in [6.07, 6.45) is -4.86. The van der Waals surface area contributed by atoms with E-state index in [4.69, 9.17) is 0 Å². The van der Waals surface area contributed by atoms with Gasteiger partial charge in [-0.2, -0.15) is 22.5 Å². The zero-order valence-corrected chi connectivity index (χ0v) is 11.0. The highest BCUT2D eigenvalue weighted by molar-refractivity contribution is 7.09. The predicted molar refractivity (Wildman–Crippen MR) is 63.2 cm³/mol. The molecule has 2 aliphatic rings. The van der Waals surface area contributed by atoms with Gasteiger partial charge < -0.3 is 15.3 Å². The number of β-amino-alcohol motifs (C(OH)–C–C–N with tert-alkyl or cyclic N) is 1. The summed E-state index contributed by atoms with van der Waals surface area (Å²) in [7, 11) is 0. The number of halogens is 3. The van der Waals surface area contributed by atoms with Crippen LogP contribution in [0.2, 0.25) is 0 Å². The summed E-state index contributed by atoms with van der Waals surface area (Å²) in [5, 5.41) is 12.3. The lowest BCUT2D eigenvalue weighted by molar-refractivity contribution is -0.144. The molecule has 20 heavy (non-hydrogen) atoms. The Kier molecular flexibility index (Phi) is 2.91. The maximum absolute atomic E-state index is 12.4. The second kappa shape index (κ2) is 4.29. The highest BCUT2D eigenvalue weighted by Crippen LogP contribution is 2.41. The quantitative estimate of drug-likeness (QED) is 0.777. The fraction of sp³-hybridized carbons (Fsp3) is 0.700. The lowest BCUT2D eigenvalue weighted by Crippen LogP contribution is -2.67. The van der Waals surface area contributed by atoms with Crippen molar-refractivity contribution in [1.82, 2.24) is 14.7 Å². The standard InChI is InChI=1S/C10H11F3N4O2S/c11-10(12,13)6-15-8(20-16-6)17-3-9(4-17)1-5(18)2-14-7(9)19/h5,18H,1-4H2,(H,14,19). The van der Waals surface area contributed by atoms with Gasteiger partial charge in [0.25, 0.3) is 0 Å². The van der Waals surface area contributed by atoms with Crippen LogP contribution in [0, 0.1) is 5.41 Å². The van der Waals surface area contributed by atoms with Crippen molar-refractivity contribution in [2.24, 2.45) is 5.41 Å². The van der Waals surface area contributed by atoms with Gasteiger partial charge >= 0.3 is 6.18 Å². The molecule has 3 rings (SSSR count). The first-order valence-electron chi connectivity index (χ1n) is 5.92.